The standard InChI is InChI=1S/C22H26N2O6/c1-14(2)30-17-8-6-16(7-9-17)5-4-15(3)23-22(25)18-12-20-21(29-11-10-28-20)13-19(18)24(26)27/h6-9,12-15H,4-5,10-11H2,1-3H3,(H,23,25). The van der Waals surface area contributed by atoms with Gasteiger partial charge in [0.15, 0.2) is 11.5 Å². The number of aryl methyl sites for hydroxylation is 1. The van der Waals surface area contributed by atoms with Gasteiger partial charge in [0, 0.05) is 12.1 Å². The summed E-state index contributed by atoms with van der Waals surface area (Å²) in [4.78, 5) is 23.5. The van der Waals surface area contributed by atoms with Crippen molar-refractivity contribution in [3.8, 4) is 17.2 Å². The number of hydrogen-bond acceptors (Lipinski definition) is 6. The van der Waals surface area contributed by atoms with Crippen molar-refractivity contribution >= 4 is 11.6 Å². The average molecular weight is 414 g/mol. The molecule has 1 aliphatic heterocycles. The van der Waals surface area contributed by atoms with Gasteiger partial charge in [-0.1, -0.05) is 12.1 Å². The molecule has 1 heterocycles. The van der Waals surface area contributed by atoms with E-state index >= 15 is 0 Å². The minimum Gasteiger partial charge on any atom is -0.491 e. The molecule has 160 valence electrons. The molecule has 0 bridgehead atoms. The number of rotatable bonds is 8. The van der Waals surface area contributed by atoms with Crippen molar-refractivity contribution in [1.29, 1.82) is 0 Å². The second-order valence-corrected chi connectivity index (χ2v) is 7.49. The molecular formula is C22H26N2O6. The molecule has 1 amide bonds. The lowest BCUT2D eigenvalue weighted by Crippen LogP contribution is -2.33. The third-order valence-electron chi connectivity index (χ3n) is 4.64. The van der Waals surface area contributed by atoms with E-state index in [1.165, 1.54) is 12.1 Å². The Morgan fingerprint density at radius 1 is 1.13 bits per heavy atom. The van der Waals surface area contributed by atoms with E-state index < -0.39 is 10.8 Å². The molecular weight excluding hydrogens is 388 g/mol. The van der Waals surface area contributed by atoms with Crippen molar-refractivity contribution in [2.24, 2.45) is 0 Å². The second kappa shape index (κ2) is 9.47. The van der Waals surface area contributed by atoms with Crippen molar-refractivity contribution < 1.29 is 23.9 Å². The molecule has 1 atom stereocenters. The van der Waals surface area contributed by atoms with Crippen LogP contribution in [0.15, 0.2) is 36.4 Å². The molecule has 1 aliphatic rings. The molecule has 30 heavy (non-hydrogen) atoms. The van der Waals surface area contributed by atoms with Crippen molar-refractivity contribution in [2.45, 2.75) is 45.8 Å². The van der Waals surface area contributed by atoms with Crippen LogP contribution in [0.4, 0.5) is 5.69 Å². The van der Waals surface area contributed by atoms with E-state index in [4.69, 9.17) is 14.2 Å². The second-order valence-electron chi connectivity index (χ2n) is 7.49. The maximum absolute atomic E-state index is 12.7. The highest BCUT2D eigenvalue weighted by Gasteiger charge is 2.27. The summed E-state index contributed by atoms with van der Waals surface area (Å²) in [7, 11) is 0. The number of nitro benzene ring substituents is 1. The normalized spacial score (nSPS) is 13.6. The summed E-state index contributed by atoms with van der Waals surface area (Å²) in [5.74, 6) is 0.934. The quantitative estimate of drug-likeness (QED) is 0.519. The van der Waals surface area contributed by atoms with E-state index in [2.05, 4.69) is 5.32 Å². The van der Waals surface area contributed by atoms with Crippen LogP contribution in [0.2, 0.25) is 0 Å². The first-order valence-corrected chi connectivity index (χ1v) is 9.98. The maximum Gasteiger partial charge on any atom is 0.286 e. The number of ether oxygens (including phenoxy) is 3. The van der Waals surface area contributed by atoms with Crippen LogP contribution in [-0.4, -0.2) is 36.2 Å². The van der Waals surface area contributed by atoms with Gasteiger partial charge in [-0.2, -0.15) is 0 Å². The van der Waals surface area contributed by atoms with Crippen molar-refractivity contribution in [2.75, 3.05) is 13.2 Å². The van der Waals surface area contributed by atoms with Crippen molar-refractivity contribution in [1.82, 2.24) is 5.32 Å². The SMILES string of the molecule is CC(CCc1ccc(OC(C)C)cc1)NC(=O)c1cc2c(cc1[N+](=O)[O-])OCCO2. The van der Waals surface area contributed by atoms with Gasteiger partial charge in [0.2, 0.25) is 0 Å². The zero-order valence-corrected chi connectivity index (χ0v) is 17.3. The number of fused-ring (bicyclic) bond motifs is 1. The lowest BCUT2D eigenvalue weighted by molar-refractivity contribution is -0.385. The fourth-order valence-electron chi connectivity index (χ4n) is 3.17. The highest BCUT2D eigenvalue weighted by molar-refractivity contribution is 5.99. The van der Waals surface area contributed by atoms with Gasteiger partial charge >= 0.3 is 0 Å². The first kappa shape index (κ1) is 21.4. The van der Waals surface area contributed by atoms with Gasteiger partial charge in [-0.3, -0.25) is 14.9 Å². The van der Waals surface area contributed by atoms with Crippen LogP contribution in [0.5, 0.6) is 17.2 Å². The van der Waals surface area contributed by atoms with Crippen LogP contribution in [0.3, 0.4) is 0 Å². The lowest BCUT2D eigenvalue weighted by Gasteiger charge is -2.19. The van der Waals surface area contributed by atoms with E-state index in [1.54, 1.807) is 0 Å². The number of nitrogens with zero attached hydrogens (tertiary/aromatic N) is 1. The van der Waals surface area contributed by atoms with E-state index in [-0.39, 0.29) is 29.1 Å². The smallest absolute Gasteiger partial charge is 0.286 e. The Kier molecular flexibility index (Phi) is 6.76. The molecule has 8 heteroatoms. The fourth-order valence-corrected chi connectivity index (χ4v) is 3.17. The van der Waals surface area contributed by atoms with Crippen LogP contribution >= 0.6 is 0 Å². The number of carbonyl (C=O) groups is 1. The molecule has 1 unspecified atom stereocenters. The number of hydrogen-bond donors (Lipinski definition) is 1. The fraction of sp³-hybridized carbons (Fsp3) is 0.409. The summed E-state index contributed by atoms with van der Waals surface area (Å²) in [6, 6.07) is 10.3. The van der Waals surface area contributed by atoms with Gasteiger partial charge in [0.05, 0.1) is 17.1 Å². The van der Waals surface area contributed by atoms with Crippen LogP contribution in [-0.2, 0) is 6.42 Å². The number of amides is 1. The Bertz CT molecular complexity index is 911. The van der Waals surface area contributed by atoms with E-state index in [9.17, 15) is 14.9 Å². The van der Waals surface area contributed by atoms with E-state index in [0.717, 1.165) is 17.7 Å². The molecule has 0 saturated heterocycles. The van der Waals surface area contributed by atoms with Gasteiger partial charge in [0.25, 0.3) is 11.6 Å². The highest BCUT2D eigenvalue weighted by atomic mass is 16.6. The Morgan fingerprint density at radius 2 is 1.77 bits per heavy atom. The number of benzene rings is 2. The van der Waals surface area contributed by atoms with Gasteiger partial charge in [-0.15, -0.1) is 0 Å². The number of carbonyl (C=O) groups excluding carboxylic acids is 1. The summed E-state index contributed by atoms with van der Waals surface area (Å²) in [6.07, 6.45) is 1.57. The van der Waals surface area contributed by atoms with Crippen LogP contribution in [0.25, 0.3) is 0 Å². The maximum atomic E-state index is 12.7. The van der Waals surface area contributed by atoms with Gasteiger partial charge < -0.3 is 19.5 Å². The van der Waals surface area contributed by atoms with Gasteiger partial charge in [0.1, 0.15) is 24.5 Å². The zero-order valence-electron chi connectivity index (χ0n) is 17.3. The molecule has 0 radical (unpaired) electrons. The van der Waals surface area contributed by atoms with Crippen LogP contribution in [0, 0.1) is 10.1 Å². The topological polar surface area (TPSA) is 99.9 Å². The summed E-state index contributed by atoms with van der Waals surface area (Å²) >= 11 is 0. The van der Waals surface area contributed by atoms with Gasteiger partial charge in [-0.05, 0) is 51.3 Å². The Labute approximate surface area is 175 Å². The number of nitro groups is 1. The largest absolute Gasteiger partial charge is 0.491 e. The van der Waals surface area contributed by atoms with E-state index in [0.29, 0.717) is 25.4 Å². The lowest BCUT2D eigenvalue weighted by atomic mass is 10.0. The Morgan fingerprint density at radius 3 is 2.37 bits per heavy atom. The minimum atomic E-state index is -0.585. The first-order valence-electron chi connectivity index (χ1n) is 9.98. The summed E-state index contributed by atoms with van der Waals surface area (Å²) in [5.41, 5.74) is 0.786. The summed E-state index contributed by atoms with van der Waals surface area (Å²) < 4.78 is 16.5. The molecule has 1 N–H and O–H groups in total. The highest BCUT2D eigenvalue weighted by Crippen LogP contribution is 2.36. The average Bonchev–Trinajstić information content (AvgIpc) is 2.71. The molecule has 0 aromatic heterocycles. The molecule has 0 spiro atoms. The third-order valence-corrected chi connectivity index (χ3v) is 4.64. The Hall–Kier alpha value is -3.29. The minimum absolute atomic E-state index is 0.0358. The molecule has 0 saturated carbocycles. The molecule has 0 fully saturated rings. The molecule has 0 aliphatic carbocycles. The molecule has 2 aromatic rings. The molecule has 2 aromatic carbocycles. The predicted octanol–water partition coefficient (Wildman–Crippen LogP) is 3.90. The first-order chi connectivity index (χ1) is 14.3. The molecule has 3 rings (SSSR count). The van der Waals surface area contributed by atoms with Gasteiger partial charge in [-0.25, -0.2) is 0 Å². The Balaban J connectivity index is 1.62. The molecule has 8 nitrogen and oxygen atoms in total. The summed E-state index contributed by atoms with van der Waals surface area (Å²) in [5, 5.41) is 14.3. The summed E-state index contributed by atoms with van der Waals surface area (Å²) in [6.45, 7) is 6.48. The van der Waals surface area contributed by atoms with Crippen molar-refractivity contribution in [3.63, 3.8) is 0 Å². The number of nitrogens with one attached hydrogen (secondary N) is 1. The monoisotopic (exact) mass is 414 g/mol. The zero-order chi connectivity index (χ0) is 21.7. The predicted molar refractivity (Wildman–Crippen MR) is 112 cm³/mol. The van der Waals surface area contributed by atoms with Crippen LogP contribution < -0.4 is 19.5 Å². The third kappa shape index (κ3) is 5.40. The van der Waals surface area contributed by atoms with Crippen LogP contribution in [0.1, 0.15) is 43.1 Å². The van der Waals surface area contributed by atoms with Crippen molar-refractivity contribution in [3.05, 3.63) is 57.6 Å². The van der Waals surface area contributed by atoms with E-state index in [1.807, 2.05) is 45.0 Å².